The fraction of sp³-hybridized carbons (Fsp3) is 0.619. The maximum absolute atomic E-state index is 10.5. The normalized spacial score (nSPS) is 25.8. The molecule has 2 aromatic rings. The molecule has 0 unspecified atom stereocenters. The molecule has 5 heteroatoms. The lowest BCUT2D eigenvalue weighted by atomic mass is 9.58. The Bertz CT molecular complexity index is 734. The van der Waals surface area contributed by atoms with Crippen molar-refractivity contribution in [2.24, 2.45) is 5.41 Å². The van der Waals surface area contributed by atoms with Crippen LogP contribution in [0.3, 0.4) is 0 Å². The zero-order chi connectivity index (χ0) is 18.1. The summed E-state index contributed by atoms with van der Waals surface area (Å²) in [6.07, 6.45) is 4.91. The van der Waals surface area contributed by atoms with Crippen LogP contribution in [0.5, 0.6) is 0 Å². The molecular formula is C21H31N3O2. The van der Waals surface area contributed by atoms with Crippen molar-refractivity contribution in [1.29, 1.82) is 0 Å². The summed E-state index contributed by atoms with van der Waals surface area (Å²) in [6, 6.07) is 8.79. The van der Waals surface area contributed by atoms with Gasteiger partial charge in [0.25, 0.3) is 0 Å². The van der Waals surface area contributed by atoms with Gasteiger partial charge in [-0.05, 0) is 69.2 Å². The van der Waals surface area contributed by atoms with E-state index >= 15 is 0 Å². The minimum Gasteiger partial charge on any atom is -0.392 e. The minimum absolute atomic E-state index is 0.00654. The van der Waals surface area contributed by atoms with Crippen molar-refractivity contribution in [2.75, 3.05) is 40.3 Å². The van der Waals surface area contributed by atoms with Crippen LogP contribution in [0.25, 0.3) is 10.9 Å². The minimum atomic E-state index is -0.190. The zero-order valence-electron chi connectivity index (χ0n) is 15.9. The molecule has 0 radical (unpaired) electrons. The average molecular weight is 357 g/mol. The first-order chi connectivity index (χ1) is 12.6. The van der Waals surface area contributed by atoms with Gasteiger partial charge < -0.3 is 19.7 Å². The molecule has 2 fully saturated rings. The van der Waals surface area contributed by atoms with Gasteiger partial charge >= 0.3 is 0 Å². The number of aromatic amines is 1. The third kappa shape index (κ3) is 3.41. The van der Waals surface area contributed by atoms with Crippen LogP contribution < -0.4 is 0 Å². The quantitative estimate of drug-likeness (QED) is 0.834. The number of aromatic nitrogens is 1. The summed E-state index contributed by atoms with van der Waals surface area (Å²) in [5.74, 6) is 0. The average Bonchev–Trinajstić information content (AvgIpc) is 3.09. The smallest absolute Gasteiger partial charge is 0.0682 e. The van der Waals surface area contributed by atoms with E-state index in [9.17, 15) is 5.11 Å². The molecule has 1 aromatic carbocycles. The molecule has 1 saturated carbocycles. The molecular weight excluding hydrogens is 326 g/mol. The molecule has 26 heavy (non-hydrogen) atoms. The molecule has 2 heterocycles. The van der Waals surface area contributed by atoms with Crippen molar-refractivity contribution in [2.45, 2.75) is 38.0 Å². The number of aliphatic hydroxyl groups is 1. The summed E-state index contributed by atoms with van der Waals surface area (Å²) < 4.78 is 6.12. The van der Waals surface area contributed by atoms with Crippen LogP contribution >= 0.6 is 0 Å². The number of nitrogens with one attached hydrogen (secondary N) is 1. The number of ether oxygens (including phenoxy) is 1. The number of H-pyrrole nitrogens is 1. The number of benzene rings is 1. The fourth-order valence-corrected chi connectivity index (χ4v) is 4.58. The van der Waals surface area contributed by atoms with Gasteiger partial charge in [0.15, 0.2) is 0 Å². The van der Waals surface area contributed by atoms with E-state index in [0.29, 0.717) is 0 Å². The van der Waals surface area contributed by atoms with E-state index in [1.165, 1.54) is 16.5 Å². The van der Waals surface area contributed by atoms with Crippen LogP contribution in [0, 0.1) is 5.41 Å². The number of aliphatic hydroxyl groups excluding tert-OH is 1. The highest BCUT2D eigenvalue weighted by molar-refractivity contribution is 5.79. The highest BCUT2D eigenvalue weighted by Gasteiger charge is 2.56. The van der Waals surface area contributed by atoms with E-state index in [1.807, 2.05) is 6.20 Å². The van der Waals surface area contributed by atoms with E-state index in [1.54, 1.807) is 0 Å². The fourth-order valence-electron chi connectivity index (χ4n) is 4.58. The highest BCUT2D eigenvalue weighted by Crippen LogP contribution is 2.51. The number of likely N-dealkylation sites (tertiary alicyclic amines) is 1. The van der Waals surface area contributed by atoms with E-state index in [-0.39, 0.29) is 17.6 Å². The van der Waals surface area contributed by atoms with E-state index in [4.69, 9.17) is 4.74 Å². The molecule has 2 atom stereocenters. The van der Waals surface area contributed by atoms with Gasteiger partial charge in [-0.15, -0.1) is 0 Å². The number of piperidine rings is 1. The first kappa shape index (κ1) is 18.0. The Hall–Kier alpha value is -1.40. The Morgan fingerprint density at radius 2 is 2.08 bits per heavy atom. The number of hydrogen-bond donors (Lipinski definition) is 2. The summed E-state index contributed by atoms with van der Waals surface area (Å²) in [4.78, 5) is 7.91. The van der Waals surface area contributed by atoms with E-state index in [2.05, 4.69) is 53.1 Å². The van der Waals surface area contributed by atoms with Gasteiger partial charge in [-0.25, -0.2) is 0 Å². The van der Waals surface area contributed by atoms with Crippen LogP contribution in [-0.4, -0.2) is 72.4 Å². The second-order valence-electron chi connectivity index (χ2n) is 8.32. The first-order valence-electron chi connectivity index (χ1n) is 9.80. The Balaban J connectivity index is 1.32. The lowest BCUT2D eigenvalue weighted by Gasteiger charge is -2.56. The van der Waals surface area contributed by atoms with Crippen molar-refractivity contribution in [3.05, 3.63) is 36.0 Å². The molecule has 0 amide bonds. The van der Waals surface area contributed by atoms with Crippen molar-refractivity contribution in [3.8, 4) is 0 Å². The van der Waals surface area contributed by atoms with Gasteiger partial charge in [0.05, 0.1) is 18.8 Å². The van der Waals surface area contributed by atoms with Gasteiger partial charge in [-0.3, -0.25) is 4.90 Å². The third-order valence-electron chi connectivity index (χ3n) is 6.41. The molecule has 1 aliphatic heterocycles. The van der Waals surface area contributed by atoms with Gasteiger partial charge in [0, 0.05) is 36.6 Å². The topological polar surface area (TPSA) is 51.7 Å². The van der Waals surface area contributed by atoms with Gasteiger partial charge in [-0.2, -0.15) is 0 Å². The number of hydrogen-bond acceptors (Lipinski definition) is 4. The maximum Gasteiger partial charge on any atom is 0.0682 e. The summed E-state index contributed by atoms with van der Waals surface area (Å²) in [5.41, 5.74) is 2.55. The summed E-state index contributed by atoms with van der Waals surface area (Å²) in [5, 5.41) is 11.7. The highest BCUT2D eigenvalue weighted by atomic mass is 16.5. The predicted molar refractivity (Wildman–Crippen MR) is 104 cm³/mol. The van der Waals surface area contributed by atoms with Crippen molar-refractivity contribution >= 4 is 10.9 Å². The summed E-state index contributed by atoms with van der Waals surface area (Å²) in [6.45, 7) is 4.76. The number of fused-ring (bicyclic) bond motifs is 1. The first-order valence-corrected chi connectivity index (χ1v) is 9.80. The largest absolute Gasteiger partial charge is 0.392 e. The number of likely N-dealkylation sites (N-methyl/N-ethyl adjacent to an activating group) is 1. The molecule has 0 bridgehead atoms. The van der Waals surface area contributed by atoms with Gasteiger partial charge in [0.2, 0.25) is 0 Å². The molecule has 1 spiro atoms. The Morgan fingerprint density at radius 1 is 1.27 bits per heavy atom. The molecule has 1 aromatic heterocycles. The Labute approximate surface area is 155 Å². The lowest BCUT2D eigenvalue weighted by molar-refractivity contribution is -0.212. The summed E-state index contributed by atoms with van der Waals surface area (Å²) in [7, 11) is 4.14. The van der Waals surface area contributed by atoms with Crippen LogP contribution in [0.1, 0.15) is 24.8 Å². The van der Waals surface area contributed by atoms with Gasteiger partial charge in [0.1, 0.15) is 0 Å². The van der Waals surface area contributed by atoms with Crippen LogP contribution in [0.4, 0.5) is 0 Å². The van der Waals surface area contributed by atoms with E-state index < -0.39 is 0 Å². The van der Waals surface area contributed by atoms with Crippen LogP contribution in [-0.2, 0) is 11.3 Å². The SMILES string of the molecule is CN(C)CCO[C@H]1C[C@@H](O)C12CCN(Cc1ccc3[nH]ccc3c1)CC2. The van der Waals surface area contributed by atoms with E-state index in [0.717, 1.165) is 52.0 Å². The molecule has 142 valence electrons. The molecule has 1 saturated heterocycles. The lowest BCUT2D eigenvalue weighted by Crippen LogP contribution is -2.62. The molecule has 5 nitrogen and oxygen atoms in total. The van der Waals surface area contributed by atoms with Crippen LogP contribution in [0.15, 0.2) is 30.5 Å². The van der Waals surface area contributed by atoms with Crippen molar-refractivity contribution < 1.29 is 9.84 Å². The maximum atomic E-state index is 10.5. The van der Waals surface area contributed by atoms with Crippen molar-refractivity contribution in [3.63, 3.8) is 0 Å². The zero-order valence-corrected chi connectivity index (χ0v) is 15.9. The monoisotopic (exact) mass is 357 g/mol. The number of rotatable bonds is 6. The molecule has 2 aliphatic rings. The molecule has 2 N–H and O–H groups in total. The molecule has 1 aliphatic carbocycles. The Morgan fingerprint density at radius 3 is 2.81 bits per heavy atom. The Kier molecular flexibility index (Phi) is 5.06. The predicted octanol–water partition coefficient (Wildman–Crippen LogP) is 2.46. The third-order valence-corrected chi connectivity index (χ3v) is 6.41. The van der Waals surface area contributed by atoms with Crippen LogP contribution in [0.2, 0.25) is 0 Å². The second kappa shape index (κ2) is 7.31. The second-order valence-corrected chi connectivity index (χ2v) is 8.32. The van der Waals surface area contributed by atoms with Gasteiger partial charge in [-0.1, -0.05) is 6.07 Å². The number of nitrogens with zero attached hydrogens (tertiary/aromatic N) is 2. The standard InChI is InChI=1S/C21H31N3O2/c1-23(2)11-12-26-20-14-19(25)21(20)6-9-24(10-7-21)15-16-3-4-18-17(13-16)5-8-22-18/h3-5,8,13,19-20,22,25H,6-7,9-12,14-15H2,1-2H3/t19-,20+/m1/s1. The summed E-state index contributed by atoms with van der Waals surface area (Å²) >= 11 is 0. The van der Waals surface area contributed by atoms with Crippen molar-refractivity contribution in [1.82, 2.24) is 14.8 Å². The molecule has 4 rings (SSSR count).